The number of anilines is 1. The minimum Gasteiger partial charge on any atom is -0.384 e. The Hall–Kier alpha value is -1.57. The first-order valence-corrected chi connectivity index (χ1v) is 6.36. The van der Waals surface area contributed by atoms with E-state index in [0.717, 1.165) is 24.2 Å². The molecule has 90 valence electrons. The van der Waals surface area contributed by atoms with Crippen LogP contribution >= 0.6 is 0 Å². The van der Waals surface area contributed by atoms with E-state index in [1.165, 1.54) is 11.1 Å². The fourth-order valence-corrected chi connectivity index (χ4v) is 1.90. The van der Waals surface area contributed by atoms with Gasteiger partial charge in [-0.1, -0.05) is 39.0 Å². The minimum atomic E-state index is 0.460. The van der Waals surface area contributed by atoms with Gasteiger partial charge in [0.1, 0.15) is 0 Å². The maximum atomic E-state index is 4.70. The zero-order valence-corrected chi connectivity index (χ0v) is 10.8. The Labute approximate surface area is 103 Å². The first-order chi connectivity index (χ1) is 8.22. The molecule has 2 heteroatoms. The van der Waals surface area contributed by atoms with Crippen molar-refractivity contribution in [3.63, 3.8) is 0 Å². The van der Waals surface area contributed by atoms with Gasteiger partial charge >= 0.3 is 0 Å². The van der Waals surface area contributed by atoms with E-state index in [1.54, 1.807) is 0 Å². The number of nitrogens with one attached hydrogen (secondary N) is 1. The lowest BCUT2D eigenvalue weighted by atomic mass is 10.1. The fraction of sp³-hybridized carbons (Fsp3) is 0.400. The van der Waals surface area contributed by atoms with Crippen LogP contribution in [0.1, 0.15) is 38.8 Å². The molecule has 2 nitrogen and oxygen atoms in total. The van der Waals surface area contributed by atoms with Gasteiger partial charge < -0.3 is 5.32 Å². The second kappa shape index (κ2) is 5.17. The quantitative estimate of drug-likeness (QED) is 0.849. The highest BCUT2D eigenvalue weighted by Gasteiger charge is 2.07. The third kappa shape index (κ3) is 2.57. The summed E-state index contributed by atoms with van der Waals surface area (Å²) in [5.74, 6) is 0.460. The molecule has 1 aromatic carbocycles. The summed E-state index contributed by atoms with van der Waals surface area (Å²) in [4.78, 5) is 4.70. The maximum Gasteiger partial charge on any atom is 0.0726 e. The van der Waals surface area contributed by atoms with Crippen LogP contribution in [0.25, 0.3) is 10.9 Å². The summed E-state index contributed by atoms with van der Waals surface area (Å²) >= 11 is 0. The highest BCUT2D eigenvalue weighted by atomic mass is 14.9. The van der Waals surface area contributed by atoms with E-state index in [4.69, 9.17) is 4.98 Å². The number of hydrogen-bond acceptors (Lipinski definition) is 2. The number of hydrogen-bond donors (Lipinski definition) is 1. The van der Waals surface area contributed by atoms with Crippen molar-refractivity contribution < 1.29 is 0 Å². The zero-order valence-electron chi connectivity index (χ0n) is 10.8. The lowest BCUT2D eigenvalue weighted by Crippen LogP contribution is -2.03. The summed E-state index contributed by atoms with van der Waals surface area (Å²) < 4.78 is 0. The third-order valence-electron chi connectivity index (χ3n) is 2.89. The number of aromatic nitrogens is 1. The van der Waals surface area contributed by atoms with E-state index >= 15 is 0 Å². The molecule has 0 saturated carbocycles. The van der Waals surface area contributed by atoms with Crippen LogP contribution in [0.4, 0.5) is 5.69 Å². The molecule has 2 rings (SSSR count). The molecule has 0 amide bonds. The van der Waals surface area contributed by atoms with Crippen molar-refractivity contribution in [2.75, 3.05) is 11.9 Å². The molecule has 0 aliphatic heterocycles. The van der Waals surface area contributed by atoms with Gasteiger partial charge in [-0.3, -0.25) is 4.98 Å². The topological polar surface area (TPSA) is 24.9 Å². The van der Waals surface area contributed by atoms with Crippen molar-refractivity contribution in [3.8, 4) is 0 Å². The van der Waals surface area contributed by atoms with E-state index in [2.05, 4.69) is 50.4 Å². The summed E-state index contributed by atoms with van der Waals surface area (Å²) in [6.07, 6.45) is 1.13. The highest BCUT2D eigenvalue weighted by molar-refractivity contribution is 5.91. The van der Waals surface area contributed by atoms with Crippen molar-refractivity contribution in [1.82, 2.24) is 4.98 Å². The molecule has 1 aromatic heterocycles. The molecule has 0 bridgehead atoms. The van der Waals surface area contributed by atoms with Crippen molar-refractivity contribution in [1.29, 1.82) is 0 Å². The Morgan fingerprint density at radius 2 is 2.00 bits per heavy atom. The summed E-state index contributed by atoms with van der Waals surface area (Å²) in [5.41, 5.74) is 3.45. The van der Waals surface area contributed by atoms with Gasteiger partial charge in [-0.25, -0.2) is 0 Å². The lowest BCUT2D eigenvalue weighted by Gasteiger charge is -2.12. The van der Waals surface area contributed by atoms with E-state index in [-0.39, 0.29) is 0 Å². The number of para-hydroxylation sites is 1. The van der Waals surface area contributed by atoms with Gasteiger partial charge in [0.15, 0.2) is 0 Å². The molecule has 17 heavy (non-hydrogen) atoms. The van der Waals surface area contributed by atoms with Gasteiger partial charge in [-0.2, -0.15) is 0 Å². The minimum absolute atomic E-state index is 0.460. The number of benzene rings is 1. The number of nitrogens with zero attached hydrogens (tertiary/aromatic N) is 1. The van der Waals surface area contributed by atoms with Crippen LogP contribution in [0.15, 0.2) is 30.3 Å². The largest absolute Gasteiger partial charge is 0.384 e. The zero-order chi connectivity index (χ0) is 12.3. The van der Waals surface area contributed by atoms with Gasteiger partial charge in [0.25, 0.3) is 0 Å². The average Bonchev–Trinajstić information content (AvgIpc) is 2.35. The van der Waals surface area contributed by atoms with E-state index < -0.39 is 0 Å². The first-order valence-electron chi connectivity index (χ1n) is 6.36. The molecule has 0 unspecified atom stereocenters. The molecule has 0 atom stereocenters. The SMILES string of the molecule is CCCNc1cc(C(C)C)nc2ccccc12. The second-order valence-electron chi connectivity index (χ2n) is 4.69. The molecule has 0 spiro atoms. The van der Waals surface area contributed by atoms with Crippen LogP contribution in [0.3, 0.4) is 0 Å². The molecule has 0 aliphatic carbocycles. The number of fused-ring (bicyclic) bond motifs is 1. The lowest BCUT2D eigenvalue weighted by molar-refractivity contribution is 0.829. The molecule has 1 heterocycles. The Bertz CT molecular complexity index is 503. The molecule has 2 aromatic rings. The van der Waals surface area contributed by atoms with Crippen molar-refractivity contribution in [2.24, 2.45) is 0 Å². The molecule has 0 saturated heterocycles. The Morgan fingerprint density at radius 3 is 2.71 bits per heavy atom. The molecular weight excluding hydrogens is 208 g/mol. The fourth-order valence-electron chi connectivity index (χ4n) is 1.90. The van der Waals surface area contributed by atoms with E-state index in [9.17, 15) is 0 Å². The van der Waals surface area contributed by atoms with Crippen LogP contribution in [0.2, 0.25) is 0 Å². The van der Waals surface area contributed by atoms with Gasteiger partial charge in [0.05, 0.1) is 5.52 Å². The molecule has 0 radical (unpaired) electrons. The van der Waals surface area contributed by atoms with Gasteiger partial charge in [0, 0.05) is 23.3 Å². The predicted molar refractivity (Wildman–Crippen MR) is 74.6 cm³/mol. The Kier molecular flexibility index (Phi) is 3.62. The van der Waals surface area contributed by atoms with E-state index in [1.807, 2.05) is 6.07 Å². The summed E-state index contributed by atoms with van der Waals surface area (Å²) in [6, 6.07) is 10.5. The van der Waals surface area contributed by atoms with Gasteiger partial charge in [0.2, 0.25) is 0 Å². The van der Waals surface area contributed by atoms with Gasteiger partial charge in [-0.15, -0.1) is 0 Å². The van der Waals surface area contributed by atoms with Crippen LogP contribution in [-0.2, 0) is 0 Å². The third-order valence-corrected chi connectivity index (χ3v) is 2.89. The number of rotatable bonds is 4. The molecule has 0 aliphatic rings. The van der Waals surface area contributed by atoms with E-state index in [0.29, 0.717) is 5.92 Å². The predicted octanol–water partition coefficient (Wildman–Crippen LogP) is 4.18. The molecule has 0 fully saturated rings. The van der Waals surface area contributed by atoms with Crippen LogP contribution < -0.4 is 5.32 Å². The molecular formula is C15H20N2. The normalized spacial score (nSPS) is 11.1. The Balaban J connectivity index is 2.52. The van der Waals surface area contributed by atoms with Crippen LogP contribution in [-0.4, -0.2) is 11.5 Å². The standard InChI is InChI=1S/C15H20N2/c1-4-9-16-15-10-14(11(2)3)17-13-8-6-5-7-12(13)15/h5-8,10-11H,4,9H2,1-3H3,(H,16,17). The second-order valence-corrected chi connectivity index (χ2v) is 4.69. The van der Waals surface area contributed by atoms with Gasteiger partial charge in [-0.05, 0) is 24.5 Å². The first kappa shape index (κ1) is 11.9. The van der Waals surface area contributed by atoms with Crippen molar-refractivity contribution >= 4 is 16.6 Å². The molecule has 1 N–H and O–H groups in total. The Morgan fingerprint density at radius 1 is 1.24 bits per heavy atom. The van der Waals surface area contributed by atoms with Crippen molar-refractivity contribution in [3.05, 3.63) is 36.0 Å². The smallest absolute Gasteiger partial charge is 0.0726 e. The summed E-state index contributed by atoms with van der Waals surface area (Å²) in [7, 11) is 0. The van der Waals surface area contributed by atoms with Crippen LogP contribution in [0.5, 0.6) is 0 Å². The monoisotopic (exact) mass is 228 g/mol. The maximum absolute atomic E-state index is 4.70. The summed E-state index contributed by atoms with van der Waals surface area (Å²) in [5, 5.41) is 4.71. The summed E-state index contributed by atoms with van der Waals surface area (Å²) in [6.45, 7) is 7.55. The van der Waals surface area contributed by atoms with Crippen LogP contribution in [0, 0.1) is 0 Å². The van der Waals surface area contributed by atoms with Crippen molar-refractivity contribution in [2.45, 2.75) is 33.1 Å². The average molecular weight is 228 g/mol. The highest BCUT2D eigenvalue weighted by Crippen LogP contribution is 2.26. The number of pyridine rings is 1.